The van der Waals surface area contributed by atoms with Crippen LogP contribution in [0.3, 0.4) is 0 Å². The van der Waals surface area contributed by atoms with E-state index < -0.39 is 27.5 Å². The van der Waals surface area contributed by atoms with Crippen LogP contribution in [0.15, 0.2) is 4.21 Å². The highest BCUT2D eigenvalue weighted by molar-refractivity contribution is 7.91. The van der Waals surface area contributed by atoms with Gasteiger partial charge in [-0.1, -0.05) is 22.9 Å². The molecule has 1 aromatic rings. The van der Waals surface area contributed by atoms with Crippen LogP contribution in [0.1, 0.15) is 33.4 Å². The van der Waals surface area contributed by atoms with E-state index in [0.29, 0.717) is 5.69 Å². The molecule has 6 nitrogen and oxygen atoms in total. The second-order valence-electron chi connectivity index (χ2n) is 5.42. The van der Waals surface area contributed by atoms with Crippen molar-refractivity contribution < 1.29 is 13.2 Å². The van der Waals surface area contributed by atoms with E-state index in [2.05, 4.69) is 15.0 Å². The molecule has 1 aromatic heterocycles. The second-order valence-corrected chi connectivity index (χ2v) is 8.91. The van der Waals surface area contributed by atoms with Crippen molar-refractivity contribution in [2.75, 3.05) is 0 Å². The first kappa shape index (κ1) is 17.4. The monoisotopic (exact) mass is 339 g/mol. The Balaban J connectivity index is 2.87. The quantitative estimate of drug-likeness (QED) is 0.873. The lowest BCUT2D eigenvalue weighted by molar-refractivity contribution is -0.123. The van der Waals surface area contributed by atoms with Crippen molar-refractivity contribution in [2.24, 2.45) is 0 Å². The summed E-state index contributed by atoms with van der Waals surface area (Å²) in [6.45, 7) is 8.49. The number of nitrogens with one attached hydrogen (secondary N) is 2. The van der Waals surface area contributed by atoms with Gasteiger partial charge >= 0.3 is 0 Å². The van der Waals surface area contributed by atoms with E-state index in [-0.39, 0.29) is 8.68 Å². The number of carbonyl (C=O) groups is 1. The standard InChI is InChI=1S/C11H18ClN3O3S2/c1-6(8(16)14-11(3,4)5)15-20(17,18)9-7(2)13-10(12)19-9/h6,15H,1-5H3,(H,14,16). The number of amides is 1. The van der Waals surface area contributed by atoms with Crippen LogP contribution in [0.25, 0.3) is 0 Å². The smallest absolute Gasteiger partial charge is 0.252 e. The van der Waals surface area contributed by atoms with Crippen molar-refractivity contribution in [3.8, 4) is 0 Å². The van der Waals surface area contributed by atoms with E-state index in [9.17, 15) is 13.2 Å². The molecule has 1 unspecified atom stereocenters. The third-order valence-electron chi connectivity index (χ3n) is 2.20. The lowest BCUT2D eigenvalue weighted by atomic mass is 10.1. The molecule has 0 saturated carbocycles. The van der Waals surface area contributed by atoms with Gasteiger partial charge in [0, 0.05) is 5.54 Å². The number of aromatic nitrogens is 1. The lowest BCUT2D eigenvalue weighted by Crippen LogP contribution is -2.50. The van der Waals surface area contributed by atoms with Gasteiger partial charge in [0.15, 0.2) is 8.68 Å². The van der Waals surface area contributed by atoms with E-state index in [1.54, 1.807) is 6.92 Å². The van der Waals surface area contributed by atoms with Gasteiger partial charge in [0.05, 0.1) is 11.7 Å². The molecule has 0 aromatic carbocycles. The zero-order valence-corrected chi connectivity index (χ0v) is 14.3. The maximum Gasteiger partial charge on any atom is 0.252 e. The van der Waals surface area contributed by atoms with Crippen molar-refractivity contribution in [1.29, 1.82) is 0 Å². The predicted molar refractivity (Wildman–Crippen MR) is 79.5 cm³/mol. The van der Waals surface area contributed by atoms with Crippen LogP contribution in [0, 0.1) is 6.92 Å². The molecule has 0 fully saturated rings. The molecule has 2 N–H and O–H groups in total. The Morgan fingerprint density at radius 1 is 1.40 bits per heavy atom. The zero-order chi connectivity index (χ0) is 15.7. The molecule has 1 amide bonds. The van der Waals surface area contributed by atoms with Crippen molar-refractivity contribution in [3.63, 3.8) is 0 Å². The van der Waals surface area contributed by atoms with Crippen molar-refractivity contribution >= 4 is 38.9 Å². The van der Waals surface area contributed by atoms with Gasteiger partial charge < -0.3 is 5.32 Å². The zero-order valence-electron chi connectivity index (χ0n) is 11.9. The van der Waals surface area contributed by atoms with Crippen LogP contribution < -0.4 is 10.0 Å². The Morgan fingerprint density at radius 3 is 2.35 bits per heavy atom. The van der Waals surface area contributed by atoms with Gasteiger partial charge in [-0.2, -0.15) is 4.72 Å². The number of halogens is 1. The molecule has 20 heavy (non-hydrogen) atoms. The third-order valence-corrected chi connectivity index (χ3v) is 5.61. The molecule has 0 spiro atoms. The predicted octanol–water partition coefficient (Wildman–Crippen LogP) is 1.69. The fourth-order valence-corrected chi connectivity index (χ4v) is 4.38. The molecule has 0 radical (unpaired) electrons. The van der Waals surface area contributed by atoms with E-state index in [1.807, 2.05) is 20.8 Å². The Hall–Kier alpha value is -0.700. The molecule has 1 rings (SSSR count). The average Bonchev–Trinajstić information content (AvgIpc) is 2.55. The van der Waals surface area contributed by atoms with Crippen LogP contribution in [-0.4, -0.2) is 30.9 Å². The first-order valence-corrected chi connectivity index (χ1v) is 8.57. The molecule has 1 atom stereocenters. The Morgan fingerprint density at radius 2 is 1.95 bits per heavy atom. The number of hydrogen-bond acceptors (Lipinski definition) is 5. The molecule has 0 aliphatic rings. The van der Waals surface area contributed by atoms with Gasteiger partial charge in [0.25, 0.3) is 10.0 Å². The minimum atomic E-state index is -3.81. The van der Waals surface area contributed by atoms with E-state index in [0.717, 1.165) is 11.3 Å². The third kappa shape index (κ3) is 4.69. The van der Waals surface area contributed by atoms with Crippen LogP contribution in [0.4, 0.5) is 0 Å². The molecular formula is C11H18ClN3O3S2. The van der Waals surface area contributed by atoms with Gasteiger partial charge in [-0.15, -0.1) is 0 Å². The SMILES string of the molecule is Cc1nc(Cl)sc1S(=O)(=O)NC(C)C(=O)NC(C)(C)C. The van der Waals surface area contributed by atoms with Gasteiger partial charge in [-0.25, -0.2) is 13.4 Å². The maximum atomic E-state index is 12.2. The maximum absolute atomic E-state index is 12.2. The lowest BCUT2D eigenvalue weighted by Gasteiger charge is -2.23. The van der Waals surface area contributed by atoms with Crippen molar-refractivity contribution in [2.45, 2.75) is 50.4 Å². The molecular weight excluding hydrogens is 322 g/mol. The molecule has 1 heterocycles. The largest absolute Gasteiger partial charge is 0.350 e. The topological polar surface area (TPSA) is 88.2 Å². The minimum absolute atomic E-state index is 0.0258. The summed E-state index contributed by atoms with van der Waals surface area (Å²) in [4.78, 5) is 15.7. The number of sulfonamides is 1. The first-order chi connectivity index (χ1) is 8.92. The van der Waals surface area contributed by atoms with Gasteiger partial charge in [-0.05, 0) is 34.6 Å². The summed E-state index contributed by atoms with van der Waals surface area (Å²) < 4.78 is 26.8. The van der Waals surface area contributed by atoms with E-state index in [1.165, 1.54) is 6.92 Å². The molecule has 0 aliphatic carbocycles. The summed E-state index contributed by atoms with van der Waals surface area (Å²) in [5.41, 5.74) is -0.114. The number of carbonyl (C=O) groups excluding carboxylic acids is 1. The average molecular weight is 340 g/mol. The first-order valence-electron chi connectivity index (χ1n) is 5.89. The Kier molecular flexibility index (Phi) is 5.18. The molecule has 114 valence electrons. The number of thiazole rings is 1. The normalized spacial score (nSPS) is 14.1. The van der Waals surface area contributed by atoms with Crippen LogP contribution in [0.2, 0.25) is 4.47 Å². The van der Waals surface area contributed by atoms with Crippen LogP contribution in [0.5, 0.6) is 0 Å². The van der Waals surface area contributed by atoms with Crippen LogP contribution >= 0.6 is 22.9 Å². The van der Waals surface area contributed by atoms with Gasteiger partial charge in [-0.3, -0.25) is 4.79 Å². The number of hydrogen-bond donors (Lipinski definition) is 2. The fourth-order valence-electron chi connectivity index (χ4n) is 1.42. The summed E-state index contributed by atoms with van der Waals surface area (Å²) in [7, 11) is -3.81. The second kappa shape index (κ2) is 5.97. The summed E-state index contributed by atoms with van der Waals surface area (Å²) in [5, 5.41) is 2.71. The van der Waals surface area contributed by atoms with Gasteiger partial charge in [0.2, 0.25) is 5.91 Å². The summed E-state index contributed by atoms with van der Waals surface area (Å²) in [6.07, 6.45) is 0. The molecule has 0 saturated heterocycles. The number of nitrogens with zero attached hydrogens (tertiary/aromatic N) is 1. The van der Waals surface area contributed by atoms with Crippen LogP contribution in [-0.2, 0) is 14.8 Å². The van der Waals surface area contributed by atoms with E-state index in [4.69, 9.17) is 11.6 Å². The van der Waals surface area contributed by atoms with Gasteiger partial charge in [0.1, 0.15) is 0 Å². The summed E-state index contributed by atoms with van der Waals surface area (Å²) >= 11 is 6.55. The number of aryl methyl sites for hydroxylation is 1. The molecule has 0 aliphatic heterocycles. The van der Waals surface area contributed by atoms with Crippen molar-refractivity contribution in [3.05, 3.63) is 10.2 Å². The number of rotatable bonds is 4. The fraction of sp³-hybridized carbons (Fsp3) is 0.636. The molecule has 9 heteroatoms. The highest BCUT2D eigenvalue weighted by atomic mass is 35.5. The Labute approximate surface area is 128 Å². The van der Waals surface area contributed by atoms with E-state index >= 15 is 0 Å². The highest BCUT2D eigenvalue weighted by Crippen LogP contribution is 2.26. The minimum Gasteiger partial charge on any atom is -0.350 e. The molecule has 0 bridgehead atoms. The summed E-state index contributed by atoms with van der Waals surface area (Å²) in [6, 6.07) is -0.889. The summed E-state index contributed by atoms with van der Waals surface area (Å²) in [5.74, 6) is -0.394. The van der Waals surface area contributed by atoms with Crippen molar-refractivity contribution in [1.82, 2.24) is 15.0 Å². The highest BCUT2D eigenvalue weighted by Gasteiger charge is 2.27. The Bertz CT molecular complexity index is 605.